The van der Waals surface area contributed by atoms with Crippen molar-refractivity contribution >= 4 is 0 Å². The number of aryl methyl sites for hydroxylation is 1. The third-order valence-corrected chi connectivity index (χ3v) is 0.865. The van der Waals surface area contributed by atoms with Gasteiger partial charge in [0.2, 0.25) is 0 Å². The third kappa shape index (κ3) is 12.0. The average Bonchev–Trinajstić information content (AvgIpc) is 1.85. The van der Waals surface area contributed by atoms with E-state index in [-0.39, 0.29) is 0 Å². The van der Waals surface area contributed by atoms with Crippen LogP contribution in [0.2, 0.25) is 0 Å². The Balaban J connectivity index is 0.000000217. The van der Waals surface area contributed by atoms with Crippen LogP contribution >= 0.6 is 0 Å². The van der Waals surface area contributed by atoms with Gasteiger partial charge in [0.1, 0.15) is 7.05 Å². The van der Waals surface area contributed by atoms with E-state index in [0.717, 1.165) is 0 Å². The third-order valence-electron chi connectivity index (χ3n) is 0.865. The lowest BCUT2D eigenvalue weighted by atomic mass is 10.5. The van der Waals surface area contributed by atoms with E-state index in [2.05, 4.69) is 0 Å². The van der Waals surface area contributed by atoms with Crippen molar-refractivity contribution < 1.29 is 33.4 Å². The molecule has 0 fully saturated rings. The van der Waals surface area contributed by atoms with Crippen LogP contribution in [0.5, 0.6) is 0 Å². The molecule has 0 aliphatic rings. The molecule has 0 bridgehead atoms. The van der Waals surface area contributed by atoms with E-state index in [0.29, 0.717) is 0 Å². The minimum absolute atomic E-state index is 2.00. The van der Waals surface area contributed by atoms with Gasteiger partial charge < -0.3 is 0 Å². The number of halogens is 1. The Kier molecular flexibility index (Phi) is 4.72. The summed E-state index contributed by atoms with van der Waals surface area (Å²) in [5, 5.41) is 0. The van der Waals surface area contributed by atoms with Crippen molar-refractivity contribution in [2.75, 3.05) is 0 Å². The second-order valence-electron chi connectivity index (χ2n) is 1.94. The molecule has 1 aromatic rings. The fraction of sp³-hybridized carbons (Fsp3) is 0.167. The van der Waals surface area contributed by atoms with Gasteiger partial charge in [0, 0.05) is 12.1 Å². The predicted octanol–water partition coefficient (Wildman–Crippen LogP) is -3.61. The van der Waals surface area contributed by atoms with Crippen molar-refractivity contribution in [3.05, 3.63) is 30.6 Å². The van der Waals surface area contributed by atoms with E-state index < -0.39 is 10.2 Å². The van der Waals surface area contributed by atoms with Gasteiger partial charge >= 0.3 is 0 Å². The first-order chi connectivity index (χ1) is 5.39. The summed E-state index contributed by atoms with van der Waals surface area (Å²) in [5.74, 6) is 0. The highest BCUT2D eigenvalue weighted by atomic mass is 35.7. The van der Waals surface area contributed by atoms with Crippen molar-refractivity contribution in [3.63, 3.8) is 0 Å². The summed E-state index contributed by atoms with van der Waals surface area (Å²) in [5.41, 5.74) is 0. The molecular formula is C6H9ClNO4+. The molecule has 0 aliphatic carbocycles. The SMILES string of the molecule is C[n+]1ccccc1.[O-][Cl+3]([O-])([O-])O. The second kappa shape index (κ2) is 5.02. The largest absolute Gasteiger partial charge is 0.208 e. The first-order valence-corrected chi connectivity index (χ1v) is 4.19. The van der Waals surface area contributed by atoms with E-state index in [4.69, 9.17) is 18.6 Å². The highest BCUT2D eigenvalue weighted by molar-refractivity contribution is 4.83. The Morgan fingerprint density at radius 3 is 1.58 bits per heavy atom. The average molecular weight is 195 g/mol. The molecule has 0 saturated carbocycles. The molecule has 1 aromatic heterocycles. The van der Waals surface area contributed by atoms with Gasteiger partial charge in [-0.2, -0.15) is 14.0 Å². The number of nitrogens with zero attached hydrogens (tertiary/aromatic N) is 1. The van der Waals surface area contributed by atoms with Gasteiger partial charge in [0.25, 0.3) is 0 Å². The molecule has 0 radical (unpaired) electrons. The molecule has 0 amide bonds. The Bertz CT molecular complexity index is 205. The maximum absolute atomic E-state index is 8.60. The highest BCUT2D eigenvalue weighted by Gasteiger charge is 1.98. The van der Waals surface area contributed by atoms with Gasteiger partial charge in [-0.05, 0) is 0 Å². The van der Waals surface area contributed by atoms with Crippen LogP contribution in [0.25, 0.3) is 0 Å². The lowest BCUT2D eigenvalue weighted by Gasteiger charge is -2.03. The van der Waals surface area contributed by atoms with E-state index in [9.17, 15) is 0 Å². The number of rotatable bonds is 0. The summed E-state index contributed by atoms with van der Waals surface area (Å²) >= 11 is 0. The first kappa shape index (κ1) is 11.3. The van der Waals surface area contributed by atoms with Crippen molar-refractivity contribution in [1.82, 2.24) is 0 Å². The summed E-state index contributed by atoms with van der Waals surface area (Å²) in [6.45, 7) is 0. The standard InChI is InChI=1S/C6H8N.ClHO4/c1-7-5-3-2-4-6-7;2-1(3,4)5/h2-6H,1H3;(H,2,3,4,5)/q+1;. The summed E-state index contributed by atoms with van der Waals surface area (Å²) in [7, 11) is -2.69. The lowest BCUT2D eigenvalue weighted by molar-refractivity contribution is -1.92. The zero-order valence-electron chi connectivity index (χ0n) is 6.38. The van der Waals surface area contributed by atoms with Crippen molar-refractivity contribution in [2.24, 2.45) is 7.05 Å². The second-order valence-corrected chi connectivity index (χ2v) is 2.73. The Morgan fingerprint density at radius 1 is 1.08 bits per heavy atom. The monoisotopic (exact) mass is 194 g/mol. The van der Waals surface area contributed by atoms with Crippen LogP contribution in [0, 0.1) is 10.2 Å². The molecular weight excluding hydrogens is 186 g/mol. The van der Waals surface area contributed by atoms with Gasteiger partial charge in [-0.15, -0.1) is 0 Å². The molecule has 0 atom stereocenters. The Morgan fingerprint density at radius 2 is 1.42 bits per heavy atom. The maximum Gasteiger partial charge on any atom is 0.168 e. The summed E-state index contributed by atoms with van der Waals surface area (Å²) in [4.78, 5) is 0. The zero-order chi connectivity index (χ0) is 9.61. The fourth-order valence-corrected chi connectivity index (χ4v) is 0.485. The summed E-state index contributed by atoms with van der Waals surface area (Å²) in [6.07, 6.45) is 4.00. The van der Waals surface area contributed by atoms with Gasteiger partial charge in [-0.25, -0.2) is 4.57 Å². The number of aromatic nitrogens is 1. The number of hydrogen-bond acceptors (Lipinski definition) is 4. The van der Waals surface area contributed by atoms with Gasteiger partial charge in [-0.3, -0.25) is 0 Å². The fourth-order valence-electron chi connectivity index (χ4n) is 0.485. The molecule has 0 unspecified atom stereocenters. The van der Waals surface area contributed by atoms with Crippen LogP contribution in [-0.2, 0) is 7.05 Å². The van der Waals surface area contributed by atoms with Crippen molar-refractivity contribution in [1.29, 1.82) is 0 Å². The van der Waals surface area contributed by atoms with Crippen LogP contribution in [0.3, 0.4) is 0 Å². The predicted molar refractivity (Wildman–Crippen MR) is 29.8 cm³/mol. The molecule has 0 saturated heterocycles. The topological polar surface area (TPSA) is 93.3 Å². The minimum Gasteiger partial charge on any atom is -0.208 e. The number of pyridine rings is 1. The van der Waals surface area contributed by atoms with Crippen molar-refractivity contribution in [2.45, 2.75) is 0 Å². The first-order valence-electron chi connectivity index (χ1n) is 2.93. The molecule has 1 N–H and O–H groups in total. The molecule has 1 heterocycles. The molecule has 5 nitrogen and oxygen atoms in total. The maximum atomic E-state index is 8.60. The molecule has 0 spiro atoms. The lowest BCUT2D eigenvalue weighted by Crippen LogP contribution is -2.58. The molecule has 0 aromatic carbocycles. The molecule has 1 rings (SSSR count). The minimum atomic E-state index is -4.69. The Hall–Kier alpha value is -0.720. The molecule has 6 heteroatoms. The molecule has 0 aliphatic heterocycles. The van der Waals surface area contributed by atoms with Crippen LogP contribution in [0.4, 0.5) is 0 Å². The summed E-state index contributed by atoms with van der Waals surface area (Å²) in [6, 6.07) is 6.00. The van der Waals surface area contributed by atoms with Crippen LogP contribution in [-0.4, -0.2) is 4.66 Å². The van der Waals surface area contributed by atoms with Gasteiger partial charge in [0.05, 0.1) is 14.9 Å². The van der Waals surface area contributed by atoms with Crippen LogP contribution in [0.1, 0.15) is 0 Å². The van der Waals surface area contributed by atoms with E-state index in [1.54, 1.807) is 0 Å². The van der Waals surface area contributed by atoms with E-state index >= 15 is 0 Å². The van der Waals surface area contributed by atoms with E-state index in [1.807, 2.05) is 42.2 Å². The van der Waals surface area contributed by atoms with E-state index in [1.165, 1.54) is 0 Å². The zero-order valence-corrected chi connectivity index (χ0v) is 7.14. The Labute approximate surface area is 71.9 Å². The van der Waals surface area contributed by atoms with Crippen LogP contribution < -0.4 is 18.5 Å². The van der Waals surface area contributed by atoms with Gasteiger partial charge in [-0.1, -0.05) is 6.07 Å². The molecule has 68 valence electrons. The van der Waals surface area contributed by atoms with Gasteiger partial charge in [0.15, 0.2) is 12.4 Å². The van der Waals surface area contributed by atoms with Crippen LogP contribution in [0.15, 0.2) is 30.6 Å². The van der Waals surface area contributed by atoms with Crippen molar-refractivity contribution in [3.8, 4) is 0 Å². The quantitative estimate of drug-likeness (QED) is 0.432. The smallest absolute Gasteiger partial charge is 0.168 e. The summed E-state index contributed by atoms with van der Waals surface area (Å²) < 4.78 is 34.7. The number of hydrogen-bond donors (Lipinski definition) is 1. The molecule has 12 heavy (non-hydrogen) atoms. The normalized spacial score (nSPS) is 10.1. The highest BCUT2D eigenvalue weighted by Crippen LogP contribution is 1.71.